The molecule has 0 aliphatic carbocycles. The number of nitrogens with one attached hydrogen (secondary N) is 1. The van der Waals surface area contributed by atoms with E-state index in [1.54, 1.807) is 0 Å². The lowest BCUT2D eigenvalue weighted by Gasteiger charge is -2.23. The van der Waals surface area contributed by atoms with Gasteiger partial charge in [0, 0.05) is 25.3 Å². The van der Waals surface area contributed by atoms with Gasteiger partial charge < -0.3 is 10.2 Å². The van der Waals surface area contributed by atoms with E-state index in [-0.39, 0.29) is 0 Å². The van der Waals surface area contributed by atoms with E-state index in [4.69, 9.17) is 0 Å². The third-order valence-corrected chi connectivity index (χ3v) is 3.58. The second-order valence-electron chi connectivity index (χ2n) is 6.56. The van der Waals surface area contributed by atoms with Crippen LogP contribution in [0.5, 0.6) is 0 Å². The van der Waals surface area contributed by atoms with Crippen LogP contribution in [-0.2, 0) is 6.54 Å². The Balaban J connectivity index is 1.94. The zero-order valence-electron chi connectivity index (χ0n) is 14.2. The summed E-state index contributed by atoms with van der Waals surface area (Å²) in [5.74, 6) is 0.694. The van der Waals surface area contributed by atoms with Gasteiger partial charge >= 0.3 is 0 Å². The van der Waals surface area contributed by atoms with Crippen LogP contribution in [0, 0.1) is 5.92 Å². The molecule has 2 rings (SSSR count). The molecule has 4 heteroatoms. The van der Waals surface area contributed by atoms with Gasteiger partial charge in [0.25, 0.3) is 0 Å². The third kappa shape index (κ3) is 5.28. The quantitative estimate of drug-likeness (QED) is 0.813. The fraction of sp³-hybridized carbons (Fsp3) is 0.500. The summed E-state index contributed by atoms with van der Waals surface area (Å²) in [5.41, 5.74) is 2.18. The van der Waals surface area contributed by atoms with Crippen LogP contribution in [0.25, 0.3) is 5.69 Å². The monoisotopic (exact) mass is 300 g/mol. The second-order valence-corrected chi connectivity index (χ2v) is 6.56. The van der Waals surface area contributed by atoms with Crippen LogP contribution < -0.4 is 5.32 Å². The smallest absolute Gasteiger partial charge is 0.0766 e. The molecule has 2 aromatic rings. The van der Waals surface area contributed by atoms with E-state index in [9.17, 15) is 0 Å². The first-order chi connectivity index (χ1) is 10.5. The van der Waals surface area contributed by atoms with E-state index in [1.807, 2.05) is 29.1 Å². The largest absolute Gasteiger partial charge is 0.308 e. The van der Waals surface area contributed by atoms with E-state index >= 15 is 0 Å². The number of hydrogen-bond acceptors (Lipinski definition) is 3. The average molecular weight is 300 g/mol. The van der Waals surface area contributed by atoms with E-state index in [0.29, 0.717) is 12.0 Å². The van der Waals surface area contributed by atoms with Crippen molar-refractivity contribution >= 4 is 0 Å². The Bertz CT molecular complexity index is 535. The molecule has 22 heavy (non-hydrogen) atoms. The summed E-state index contributed by atoms with van der Waals surface area (Å²) in [5, 5.41) is 8.30. The lowest BCUT2D eigenvalue weighted by atomic mass is 10.0. The highest BCUT2D eigenvalue weighted by Gasteiger charge is 2.12. The SMILES string of the molecule is CC(C)CC(CN(C)C)NCc1ccn(-c2ccccc2)n1. The van der Waals surface area contributed by atoms with Crippen LogP contribution in [-0.4, -0.2) is 41.4 Å². The molecule has 1 N–H and O–H groups in total. The maximum absolute atomic E-state index is 4.65. The Morgan fingerprint density at radius 3 is 2.50 bits per heavy atom. The molecular formula is C18H28N4. The third-order valence-electron chi connectivity index (χ3n) is 3.58. The maximum atomic E-state index is 4.65. The second kappa shape index (κ2) is 8.11. The number of hydrogen-bond donors (Lipinski definition) is 1. The van der Waals surface area contributed by atoms with Gasteiger partial charge in [-0.3, -0.25) is 0 Å². The first-order valence-electron chi connectivity index (χ1n) is 8.02. The Labute approximate surface area is 134 Å². The number of likely N-dealkylation sites (N-methyl/N-ethyl adjacent to an activating group) is 1. The van der Waals surface area contributed by atoms with Crippen LogP contribution in [0.3, 0.4) is 0 Å². The van der Waals surface area contributed by atoms with E-state index in [1.165, 1.54) is 6.42 Å². The molecular weight excluding hydrogens is 272 g/mol. The molecule has 1 heterocycles. The highest BCUT2D eigenvalue weighted by atomic mass is 15.3. The van der Waals surface area contributed by atoms with Gasteiger partial charge in [-0.05, 0) is 44.6 Å². The normalized spacial score (nSPS) is 13.0. The van der Waals surface area contributed by atoms with E-state index in [2.05, 4.69) is 61.5 Å². The van der Waals surface area contributed by atoms with Crippen LogP contribution in [0.2, 0.25) is 0 Å². The van der Waals surface area contributed by atoms with Crippen molar-refractivity contribution in [2.75, 3.05) is 20.6 Å². The predicted molar refractivity (Wildman–Crippen MR) is 92.2 cm³/mol. The summed E-state index contributed by atoms with van der Waals surface area (Å²) < 4.78 is 1.93. The van der Waals surface area contributed by atoms with Crippen LogP contribution in [0.15, 0.2) is 42.6 Å². The lowest BCUT2D eigenvalue weighted by molar-refractivity contribution is 0.304. The molecule has 0 saturated carbocycles. The Hall–Kier alpha value is -1.65. The molecule has 0 radical (unpaired) electrons. The number of para-hydroxylation sites is 1. The minimum Gasteiger partial charge on any atom is -0.308 e. The molecule has 0 spiro atoms. The highest BCUT2D eigenvalue weighted by molar-refractivity contribution is 5.30. The molecule has 0 bridgehead atoms. The predicted octanol–water partition coefficient (Wildman–Crippen LogP) is 2.94. The van der Waals surface area contributed by atoms with E-state index in [0.717, 1.165) is 24.5 Å². The fourth-order valence-corrected chi connectivity index (χ4v) is 2.66. The van der Waals surface area contributed by atoms with Gasteiger partial charge in [-0.25, -0.2) is 4.68 Å². The minimum absolute atomic E-state index is 0.497. The average Bonchev–Trinajstić information content (AvgIpc) is 2.93. The minimum atomic E-state index is 0.497. The summed E-state index contributed by atoms with van der Waals surface area (Å²) in [4.78, 5) is 2.24. The fourth-order valence-electron chi connectivity index (χ4n) is 2.66. The zero-order chi connectivity index (χ0) is 15.9. The number of aromatic nitrogens is 2. The van der Waals surface area contributed by atoms with Crippen molar-refractivity contribution in [3.8, 4) is 5.69 Å². The van der Waals surface area contributed by atoms with Crippen molar-refractivity contribution in [2.24, 2.45) is 5.92 Å². The summed E-state index contributed by atoms with van der Waals surface area (Å²) in [7, 11) is 4.25. The van der Waals surface area contributed by atoms with Crippen LogP contribution >= 0.6 is 0 Å². The zero-order valence-corrected chi connectivity index (χ0v) is 14.2. The van der Waals surface area contributed by atoms with Gasteiger partial charge in [0.05, 0.1) is 11.4 Å². The van der Waals surface area contributed by atoms with Gasteiger partial charge in [-0.1, -0.05) is 32.0 Å². The molecule has 0 amide bonds. The molecule has 120 valence electrons. The Kier molecular flexibility index (Phi) is 6.16. The Morgan fingerprint density at radius 2 is 1.86 bits per heavy atom. The van der Waals surface area contributed by atoms with Crippen molar-refractivity contribution in [1.29, 1.82) is 0 Å². The van der Waals surface area contributed by atoms with Gasteiger partial charge in [-0.15, -0.1) is 0 Å². The molecule has 4 nitrogen and oxygen atoms in total. The number of nitrogens with zero attached hydrogens (tertiary/aromatic N) is 3. The Morgan fingerprint density at radius 1 is 1.14 bits per heavy atom. The standard InChI is InChI=1S/C18H28N4/c1-15(2)12-17(14-21(3)4)19-13-16-10-11-22(20-16)18-8-6-5-7-9-18/h5-11,15,17,19H,12-14H2,1-4H3. The molecule has 1 atom stereocenters. The topological polar surface area (TPSA) is 33.1 Å². The summed E-state index contributed by atoms with van der Waals surface area (Å²) >= 11 is 0. The van der Waals surface area contributed by atoms with Gasteiger partial charge in [0.1, 0.15) is 0 Å². The number of rotatable bonds is 8. The van der Waals surface area contributed by atoms with Gasteiger partial charge in [0.2, 0.25) is 0 Å². The van der Waals surface area contributed by atoms with Crippen LogP contribution in [0.1, 0.15) is 26.0 Å². The van der Waals surface area contributed by atoms with Crippen molar-refractivity contribution in [1.82, 2.24) is 20.0 Å². The first-order valence-corrected chi connectivity index (χ1v) is 8.02. The summed E-state index contributed by atoms with van der Waals surface area (Å²) in [6.07, 6.45) is 3.20. The first kappa shape index (κ1) is 16.7. The molecule has 1 aromatic carbocycles. The molecule has 0 aliphatic rings. The molecule has 1 aromatic heterocycles. The van der Waals surface area contributed by atoms with Gasteiger partial charge in [-0.2, -0.15) is 5.10 Å². The molecule has 0 fully saturated rings. The maximum Gasteiger partial charge on any atom is 0.0766 e. The van der Waals surface area contributed by atoms with E-state index < -0.39 is 0 Å². The molecule has 1 unspecified atom stereocenters. The van der Waals surface area contributed by atoms with Crippen molar-refractivity contribution in [3.63, 3.8) is 0 Å². The summed E-state index contributed by atoms with van der Waals surface area (Å²) in [6.45, 7) is 6.41. The van der Waals surface area contributed by atoms with Gasteiger partial charge in [0.15, 0.2) is 0 Å². The summed E-state index contributed by atoms with van der Waals surface area (Å²) in [6, 6.07) is 12.8. The lowest BCUT2D eigenvalue weighted by Crippen LogP contribution is -2.38. The van der Waals surface area contributed by atoms with Crippen molar-refractivity contribution in [3.05, 3.63) is 48.3 Å². The van der Waals surface area contributed by atoms with Crippen molar-refractivity contribution in [2.45, 2.75) is 32.9 Å². The molecule has 0 aliphatic heterocycles. The highest BCUT2D eigenvalue weighted by Crippen LogP contribution is 2.09. The van der Waals surface area contributed by atoms with Crippen LogP contribution in [0.4, 0.5) is 0 Å². The molecule has 0 saturated heterocycles. The van der Waals surface area contributed by atoms with Crippen molar-refractivity contribution < 1.29 is 0 Å². The number of benzene rings is 1.